The van der Waals surface area contributed by atoms with E-state index in [1.807, 2.05) is 0 Å². The summed E-state index contributed by atoms with van der Waals surface area (Å²) in [5.41, 5.74) is -0.0377. The molecule has 0 aromatic heterocycles. The van der Waals surface area contributed by atoms with Crippen LogP contribution in [0.15, 0.2) is 0 Å². The number of nitrogens with one attached hydrogen (secondary N) is 1. The van der Waals surface area contributed by atoms with Crippen molar-refractivity contribution in [3.05, 3.63) is 0 Å². The highest BCUT2D eigenvalue weighted by Crippen LogP contribution is 2.34. The molecule has 3 atom stereocenters. The van der Waals surface area contributed by atoms with Crippen LogP contribution in [0.3, 0.4) is 0 Å². The number of piperazine rings is 1. The Kier molecular flexibility index (Phi) is 5.46. The summed E-state index contributed by atoms with van der Waals surface area (Å²) in [5.74, 6) is 0. The molecular formula is C16H33N3O. The zero-order chi connectivity index (χ0) is 14.8. The lowest BCUT2D eigenvalue weighted by Gasteiger charge is -2.42. The molecule has 0 aromatic carbocycles. The topological polar surface area (TPSA) is 38.7 Å². The fourth-order valence-corrected chi connectivity index (χ4v) is 4.17. The van der Waals surface area contributed by atoms with E-state index in [1.165, 1.54) is 26.1 Å². The van der Waals surface area contributed by atoms with Crippen molar-refractivity contribution in [1.82, 2.24) is 15.1 Å². The first-order chi connectivity index (χ1) is 9.49. The standard InChI is InChI=1S/C16H33N3O/c1-5-18-8-9-19(11-14(18)4)15-6-7-16(10-15,12-20)17-13(2)3/h13-15,17,20H,5-12H2,1-4H3. The molecule has 1 aliphatic carbocycles. The number of aliphatic hydroxyl groups excluding tert-OH is 1. The van der Waals surface area contributed by atoms with E-state index in [-0.39, 0.29) is 12.1 Å². The molecule has 3 unspecified atom stereocenters. The zero-order valence-corrected chi connectivity index (χ0v) is 13.7. The third-order valence-electron chi connectivity index (χ3n) is 5.20. The molecule has 2 aliphatic rings. The van der Waals surface area contributed by atoms with Crippen molar-refractivity contribution in [2.24, 2.45) is 0 Å². The van der Waals surface area contributed by atoms with Crippen molar-refractivity contribution < 1.29 is 5.11 Å². The summed E-state index contributed by atoms with van der Waals surface area (Å²) >= 11 is 0. The van der Waals surface area contributed by atoms with Crippen LogP contribution in [0.25, 0.3) is 0 Å². The van der Waals surface area contributed by atoms with Gasteiger partial charge in [0.15, 0.2) is 0 Å². The zero-order valence-electron chi connectivity index (χ0n) is 13.7. The number of hydrogen-bond donors (Lipinski definition) is 2. The minimum atomic E-state index is -0.0377. The molecule has 1 saturated carbocycles. The third-order valence-corrected chi connectivity index (χ3v) is 5.20. The first-order valence-electron chi connectivity index (χ1n) is 8.36. The molecular weight excluding hydrogens is 250 g/mol. The number of aliphatic hydroxyl groups is 1. The van der Waals surface area contributed by atoms with E-state index in [9.17, 15) is 5.11 Å². The van der Waals surface area contributed by atoms with Crippen LogP contribution in [0.5, 0.6) is 0 Å². The van der Waals surface area contributed by atoms with Crippen LogP contribution in [0, 0.1) is 0 Å². The van der Waals surface area contributed by atoms with Crippen LogP contribution >= 0.6 is 0 Å². The van der Waals surface area contributed by atoms with E-state index in [0.717, 1.165) is 19.4 Å². The van der Waals surface area contributed by atoms with Crippen LogP contribution in [-0.4, -0.2) is 71.4 Å². The normalized spacial score (nSPS) is 36.9. The van der Waals surface area contributed by atoms with Crippen LogP contribution in [0.2, 0.25) is 0 Å². The monoisotopic (exact) mass is 283 g/mol. The first kappa shape index (κ1) is 16.2. The highest BCUT2D eigenvalue weighted by Gasteiger charge is 2.42. The fraction of sp³-hybridized carbons (Fsp3) is 1.00. The van der Waals surface area contributed by atoms with E-state index < -0.39 is 0 Å². The van der Waals surface area contributed by atoms with Crippen molar-refractivity contribution in [1.29, 1.82) is 0 Å². The lowest BCUT2D eigenvalue weighted by atomic mass is 9.97. The molecule has 2 N–H and O–H groups in total. The van der Waals surface area contributed by atoms with Gasteiger partial charge in [-0.15, -0.1) is 0 Å². The van der Waals surface area contributed by atoms with Gasteiger partial charge in [0, 0.05) is 43.3 Å². The van der Waals surface area contributed by atoms with Crippen molar-refractivity contribution >= 4 is 0 Å². The summed E-state index contributed by atoms with van der Waals surface area (Å²) in [5, 5.41) is 13.4. The summed E-state index contributed by atoms with van der Waals surface area (Å²) < 4.78 is 0. The third kappa shape index (κ3) is 3.53. The Morgan fingerprint density at radius 2 is 2.10 bits per heavy atom. The molecule has 1 aliphatic heterocycles. The molecule has 0 radical (unpaired) electrons. The Bertz CT molecular complexity index is 310. The molecule has 118 valence electrons. The van der Waals surface area contributed by atoms with E-state index in [4.69, 9.17) is 0 Å². The van der Waals surface area contributed by atoms with Gasteiger partial charge in [0.1, 0.15) is 0 Å². The number of likely N-dealkylation sites (N-methyl/N-ethyl adjacent to an activating group) is 1. The number of nitrogens with zero attached hydrogens (tertiary/aromatic N) is 2. The van der Waals surface area contributed by atoms with Gasteiger partial charge >= 0.3 is 0 Å². The molecule has 0 amide bonds. The summed E-state index contributed by atoms with van der Waals surface area (Å²) in [6.07, 6.45) is 3.42. The van der Waals surface area contributed by atoms with Gasteiger partial charge in [-0.2, -0.15) is 0 Å². The molecule has 0 bridgehead atoms. The largest absolute Gasteiger partial charge is 0.394 e. The highest BCUT2D eigenvalue weighted by molar-refractivity contribution is 5.01. The number of hydrogen-bond acceptors (Lipinski definition) is 4. The predicted octanol–water partition coefficient (Wildman–Crippen LogP) is 1.29. The summed E-state index contributed by atoms with van der Waals surface area (Å²) in [7, 11) is 0. The van der Waals surface area contributed by atoms with Crippen LogP contribution in [-0.2, 0) is 0 Å². The minimum absolute atomic E-state index is 0.0377. The molecule has 1 saturated heterocycles. The summed E-state index contributed by atoms with van der Waals surface area (Å²) in [6.45, 7) is 13.9. The van der Waals surface area contributed by atoms with Gasteiger partial charge in [0.2, 0.25) is 0 Å². The van der Waals surface area contributed by atoms with Crippen LogP contribution in [0.1, 0.15) is 47.0 Å². The Labute approximate surface area is 124 Å². The van der Waals surface area contributed by atoms with Gasteiger partial charge < -0.3 is 10.4 Å². The maximum Gasteiger partial charge on any atom is 0.0614 e. The minimum Gasteiger partial charge on any atom is -0.394 e. The Morgan fingerprint density at radius 3 is 2.65 bits per heavy atom. The molecule has 20 heavy (non-hydrogen) atoms. The SMILES string of the molecule is CCN1CCN(C2CCC(CO)(NC(C)C)C2)CC1C. The molecule has 4 nitrogen and oxygen atoms in total. The average Bonchev–Trinajstić information content (AvgIpc) is 2.82. The second kappa shape index (κ2) is 6.73. The van der Waals surface area contributed by atoms with Crippen molar-refractivity contribution in [2.75, 3.05) is 32.8 Å². The first-order valence-corrected chi connectivity index (χ1v) is 8.36. The van der Waals surface area contributed by atoms with Gasteiger partial charge in [-0.1, -0.05) is 20.8 Å². The highest BCUT2D eigenvalue weighted by atomic mass is 16.3. The second-order valence-electron chi connectivity index (χ2n) is 7.11. The predicted molar refractivity (Wildman–Crippen MR) is 84.0 cm³/mol. The molecule has 0 aromatic rings. The van der Waals surface area contributed by atoms with Crippen LogP contribution < -0.4 is 5.32 Å². The molecule has 2 rings (SSSR count). The van der Waals surface area contributed by atoms with Gasteiger partial charge in [0.25, 0.3) is 0 Å². The average molecular weight is 283 g/mol. The van der Waals surface area contributed by atoms with Crippen molar-refractivity contribution in [3.63, 3.8) is 0 Å². The van der Waals surface area contributed by atoms with E-state index in [0.29, 0.717) is 18.1 Å². The quantitative estimate of drug-likeness (QED) is 0.797. The number of rotatable bonds is 5. The Balaban J connectivity index is 1.92. The lowest BCUT2D eigenvalue weighted by molar-refractivity contribution is 0.0545. The van der Waals surface area contributed by atoms with E-state index >= 15 is 0 Å². The fourth-order valence-electron chi connectivity index (χ4n) is 4.17. The second-order valence-corrected chi connectivity index (χ2v) is 7.11. The summed E-state index contributed by atoms with van der Waals surface area (Å²) in [4.78, 5) is 5.23. The molecule has 1 heterocycles. The molecule has 0 spiro atoms. The van der Waals surface area contributed by atoms with E-state index in [1.54, 1.807) is 0 Å². The molecule has 4 heteroatoms. The Hall–Kier alpha value is -0.160. The Morgan fingerprint density at radius 1 is 1.35 bits per heavy atom. The van der Waals surface area contributed by atoms with Crippen molar-refractivity contribution in [2.45, 2.75) is 70.6 Å². The smallest absolute Gasteiger partial charge is 0.0614 e. The van der Waals surface area contributed by atoms with Crippen LogP contribution in [0.4, 0.5) is 0 Å². The lowest BCUT2D eigenvalue weighted by Crippen LogP contribution is -2.55. The maximum absolute atomic E-state index is 9.82. The summed E-state index contributed by atoms with van der Waals surface area (Å²) in [6, 6.07) is 1.75. The van der Waals surface area contributed by atoms with Gasteiger partial charge in [-0.05, 0) is 32.7 Å². The van der Waals surface area contributed by atoms with Gasteiger partial charge in [0.05, 0.1) is 6.61 Å². The van der Waals surface area contributed by atoms with Crippen molar-refractivity contribution in [3.8, 4) is 0 Å². The van der Waals surface area contributed by atoms with Gasteiger partial charge in [-0.25, -0.2) is 0 Å². The maximum atomic E-state index is 9.82. The van der Waals surface area contributed by atoms with Gasteiger partial charge in [-0.3, -0.25) is 9.80 Å². The molecule has 2 fully saturated rings. The van der Waals surface area contributed by atoms with E-state index in [2.05, 4.69) is 42.8 Å².